The molecule has 2 aromatic carbocycles. The van der Waals surface area contributed by atoms with Gasteiger partial charge in [0.25, 0.3) is 5.22 Å². The number of thioether (sulfide) groups is 1. The van der Waals surface area contributed by atoms with Crippen LogP contribution in [0, 0.1) is 0 Å². The van der Waals surface area contributed by atoms with Gasteiger partial charge >= 0.3 is 0 Å². The Labute approximate surface area is 147 Å². The Balaban J connectivity index is 1.59. The van der Waals surface area contributed by atoms with Crippen LogP contribution in [0.3, 0.4) is 0 Å². The van der Waals surface area contributed by atoms with E-state index in [1.807, 2.05) is 36.4 Å². The molecule has 118 valence electrons. The van der Waals surface area contributed by atoms with E-state index in [1.165, 1.54) is 17.3 Å². The van der Waals surface area contributed by atoms with Gasteiger partial charge in [-0.05, 0) is 35.4 Å². The highest BCUT2D eigenvalue weighted by molar-refractivity contribution is 9.10. The van der Waals surface area contributed by atoms with Gasteiger partial charge in [-0.15, -0.1) is 10.2 Å². The molecule has 0 amide bonds. The van der Waals surface area contributed by atoms with E-state index in [2.05, 4.69) is 38.3 Å². The van der Waals surface area contributed by atoms with Gasteiger partial charge in [-0.2, -0.15) is 0 Å². The maximum atomic E-state index is 5.69. The summed E-state index contributed by atoms with van der Waals surface area (Å²) in [6, 6.07) is 16.0. The first-order valence-electron chi connectivity index (χ1n) is 7.05. The first-order chi connectivity index (χ1) is 11.2. The topological polar surface area (TPSA) is 48.2 Å². The maximum Gasteiger partial charge on any atom is 0.276 e. The van der Waals surface area contributed by atoms with Gasteiger partial charge < -0.3 is 9.15 Å². The fourth-order valence-corrected chi connectivity index (χ4v) is 3.23. The number of rotatable bonds is 6. The number of hydrogen-bond acceptors (Lipinski definition) is 5. The fourth-order valence-electron chi connectivity index (χ4n) is 2.06. The van der Waals surface area contributed by atoms with Crippen LogP contribution in [0.5, 0.6) is 5.75 Å². The van der Waals surface area contributed by atoms with E-state index in [0.717, 1.165) is 21.5 Å². The van der Waals surface area contributed by atoms with E-state index < -0.39 is 0 Å². The number of hydrogen-bond donors (Lipinski definition) is 0. The van der Waals surface area contributed by atoms with Gasteiger partial charge in [0, 0.05) is 10.2 Å². The molecule has 0 spiro atoms. The minimum Gasteiger partial charge on any atom is -0.497 e. The smallest absolute Gasteiger partial charge is 0.276 e. The lowest BCUT2D eigenvalue weighted by Crippen LogP contribution is -1.89. The SMILES string of the molecule is COc1ccc(Cc2nnc(SCc3cccc(Br)c3)o2)cc1. The predicted octanol–water partition coefficient (Wildman–Crippen LogP) is 4.72. The molecule has 0 aliphatic carbocycles. The van der Waals surface area contributed by atoms with Crippen molar-refractivity contribution in [2.75, 3.05) is 7.11 Å². The number of aromatic nitrogens is 2. The molecule has 0 radical (unpaired) electrons. The summed E-state index contributed by atoms with van der Waals surface area (Å²) in [5.41, 5.74) is 2.32. The largest absolute Gasteiger partial charge is 0.497 e. The Hall–Kier alpha value is -1.79. The van der Waals surface area contributed by atoms with Crippen molar-refractivity contribution in [2.24, 2.45) is 0 Å². The Morgan fingerprint density at radius 2 is 1.91 bits per heavy atom. The third-order valence-corrected chi connectivity index (χ3v) is 4.60. The van der Waals surface area contributed by atoms with E-state index in [9.17, 15) is 0 Å². The van der Waals surface area contributed by atoms with Crippen LogP contribution in [0.2, 0.25) is 0 Å². The summed E-state index contributed by atoms with van der Waals surface area (Å²) in [6.07, 6.45) is 0.619. The fraction of sp³-hybridized carbons (Fsp3) is 0.176. The Kier molecular flexibility index (Phi) is 5.35. The molecule has 3 rings (SSSR count). The maximum absolute atomic E-state index is 5.69. The van der Waals surface area contributed by atoms with Crippen molar-refractivity contribution in [1.82, 2.24) is 10.2 Å². The van der Waals surface area contributed by atoms with Crippen molar-refractivity contribution in [3.05, 3.63) is 70.0 Å². The van der Waals surface area contributed by atoms with Gasteiger partial charge in [-0.1, -0.05) is 52.0 Å². The van der Waals surface area contributed by atoms with Crippen LogP contribution in [0.1, 0.15) is 17.0 Å². The van der Waals surface area contributed by atoms with E-state index in [4.69, 9.17) is 9.15 Å². The molecule has 1 aromatic heterocycles. The van der Waals surface area contributed by atoms with Gasteiger partial charge in [-0.25, -0.2) is 0 Å². The minimum atomic E-state index is 0.591. The monoisotopic (exact) mass is 390 g/mol. The zero-order valence-corrected chi connectivity index (χ0v) is 14.9. The molecule has 0 bridgehead atoms. The van der Waals surface area contributed by atoms with Crippen LogP contribution in [-0.2, 0) is 12.2 Å². The molecular weight excluding hydrogens is 376 g/mol. The second-order valence-electron chi connectivity index (χ2n) is 4.91. The van der Waals surface area contributed by atoms with E-state index in [1.54, 1.807) is 7.11 Å². The van der Waals surface area contributed by atoms with Crippen molar-refractivity contribution in [3.8, 4) is 5.75 Å². The van der Waals surface area contributed by atoms with E-state index in [-0.39, 0.29) is 0 Å². The van der Waals surface area contributed by atoms with E-state index in [0.29, 0.717) is 17.5 Å². The second kappa shape index (κ2) is 7.66. The third kappa shape index (κ3) is 4.59. The molecule has 0 N–H and O–H groups in total. The number of methoxy groups -OCH3 is 1. The minimum absolute atomic E-state index is 0.591. The molecule has 23 heavy (non-hydrogen) atoms. The highest BCUT2D eigenvalue weighted by Gasteiger charge is 2.08. The average Bonchev–Trinajstić information content (AvgIpc) is 3.01. The van der Waals surface area contributed by atoms with Crippen LogP contribution in [0.25, 0.3) is 0 Å². The van der Waals surface area contributed by atoms with Crippen LogP contribution in [-0.4, -0.2) is 17.3 Å². The summed E-state index contributed by atoms with van der Waals surface area (Å²) >= 11 is 5.01. The molecule has 0 aliphatic rings. The Morgan fingerprint density at radius 1 is 1.09 bits per heavy atom. The number of nitrogens with zero attached hydrogens (tertiary/aromatic N) is 2. The molecule has 0 unspecified atom stereocenters. The van der Waals surface area contributed by atoms with E-state index >= 15 is 0 Å². The molecule has 6 heteroatoms. The lowest BCUT2D eigenvalue weighted by atomic mass is 10.1. The zero-order chi connectivity index (χ0) is 16.1. The molecule has 0 saturated heterocycles. The third-order valence-electron chi connectivity index (χ3n) is 3.21. The Bertz CT molecular complexity index is 774. The van der Waals surface area contributed by atoms with Gasteiger partial charge in [0.2, 0.25) is 5.89 Å². The van der Waals surface area contributed by atoms with Crippen LogP contribution in [0.15, 0.2) is 62.6 Å². The molecule has 0 fully saturated rings. The standard InChI is InChI=1S/C17H15BrN2O2S/c1-21-15-7-5-12(6-8-15)10-16-19-20-17(22-16)23-11-13-3-2-4-14(18)9-13/h2-9H,10-11H2,1H3. The zero-order valence-electron chi connectivity index (χ0n) is 12.5. The first kappa shape index (κ1) is 16.1. The number of halogens is 1. The summed E-state index contributed by atoms with van der Waals surface area (Å²) in [7, 11) is 1.65. The lowest BCUT2D eigenvalue weighted by Gasteiger charge is -2.01. The molecule has 0 saturated carbocycles. The molecule has 1 heterocycles. The second-order valence-corrected chi connectivity index (χ2v) is 6.75. The quantitative estimate of drug-likeness (QED) is 0.569. The van der Waals surface area contributed by atoms with Crippen molar-refractivity contribution < 1.29 is 9.15 Å². The summed E-state index contributed by atoms with van der Waals surface area (Å²) in [6.45, 7) is 0. The molecule has 0 aliphatic heterocycles. The van der Waals surface area contributed by atoms with Gasteiger partial charge in [0.1, 0.15) is 5.75 Å². The average molecular weight is 391 g/mol. The van der Waals surface area contributed by atoms with Gasteiger partial charge in [0.05, 0.1) is 13.5 Å². The van der Waals surface area contributed by atoms with Gasteiger partial charge in [-0.3, -0.25) is 0 Å². The number of benzene rings is 2. The Morgan fingerprint density at radius 3 is 2.65 bits per heavy atom. The molecule has 3 aromatic rings. The van der Waals surface area contributed by atoms with Crippen LogP contribution >= 0.6 is 27.7 Å². The molecule has 0 atom stereocenters. The summed E-state index contributed by atoms with van der Waals surface area (Å²) in [5.74, 6) is 2.25. The summed E-state index contributed by atoms with van der Waals surface area (Å²) < 4.78 is 11.9. The summed E-state index contributed by atoms with van der Waals surface area (Å²) in [4.78, 5) is 0. The predicted molar refractivity (Wildman–Crippen MR) is 93.8 cm³/mol. The van der Waals surface area contributed by atoms with Crippen molar-refractivity contribution in [3.63, 3.8) is 0 Å². The highest BCUT2D eigenvalue weighted by atomic mass is 79.9. The van der Waals surface area contributed by atoms with Crippen LogP contribution < -0.4 is 4.74 Å². The molecule has 4 nitrogen and oxygen atoms in total. The summed E-state index contributed by atoms with van der Waals surface area (Å²) in [5, 5.41) is 8.79. The normalized spacial score (nSPS) is 10.7. The van der Waals surface area contributed by atoms with Crippen molar-refractivity contribution in [2.45, 2.75) is 17.4 Å². The van der Waals surface area contributed by atoms with Gasteiger partial charge in [0.15, 0.2) is 0 Å². The van der Waals surface area contributed by atoms with Crippen molar-refractivity contribution >= 4 is 27.7 Å². The van der Waals surface area contributed by atoms with Crippen LogP contribution in [0.4, 0.5) is 0 Å². The first-order valence-corrected chi connectivity index (χ1v) is 8.83. The lowest BCUT2D eigenvalue weighted by molar-refractivity contribution is 0.413. The van der Waals surface area contributed by atoms with Crippen molar-refractivity contribution in [1.29, 1.82) is 0 Å². The highest BCUT2D eigenvalue weighted by Crippen LogP contribution is 2.24. The number of ether oxygens (including phenoxy) is 1. The molecular formula is C17H15BrN2O2S.